The van der Waals surface area contributed by atoms with Crippen LogP contribution in [0.25, 0.3) is 0 Å². The molecule has 0 unspecified atom stereocenters. The van der Waals surface area contributed by atoms with Crippen molar-refractivity contribution in [2.45, 2.75) is 46.1 Å². The Kier molecular flexibility index (Phi) is 4.16. The molecule has 0 fully saturated rings. The van der Waals surface area contributed by atoms with Gasteiger partial charge in [0, 0.05) is 19.2 Å². The van der Waals surface area contributed by atoms with Crippen LogP contribution in [-0.4, -0.2) is 23.0 Å². The van der Waals surface area contributed by atoms with Gasteiger partial charge in [0.2, 0.25) is 0 Å². The highest BCUT2D eigenvalue weighted by Gasteiger charge is 2.20. The van der Waals surface area contributed by atoms with Crippen molar-refractivity contribution >= 4 is 5.97 Å². The number of allylic oxidation sites excluding steroid dienone is 1. The van der Waals surface area contributed by atoms with E-state index in [0.29, 0.717) is 6.42 Å². The standard InChI is InChI=1S/C13H21NO2/c1-5-8-14-9-6-7-11(10-14)12(15)16-13(2,3)4/h6,9-10H,5,7-8H2,1-4H3. The Morgan fingerprint density at radius 1 is 1.50 bits per heavy atom. The summed E-state index contributed by atoms with van der Waals surface area (Å²) in [6.07, 6.45) is 7.61. The van der Waals surface area contributed by atoms with E-state index < -0.39 is 5.60 Å². The second-order valence-corrected chi connectivity index (χ2v) is 4.98. The van der Waals surface area contributed by atoms with Crippen molar-refractivity contribution in [3.05, 3.63) is 24.0 Å². The van der Waals surface area contributed by atoms with Gasteiger partial charge in [-0.15, -0.1) is 0 Å². The van der Waals surface area contributed by atoms with E-state index in [1.807, 2.05) is 44.1 Å². The van der Waals surface area contributed by atoms with Crippen LogP contribution in [0.2, 0.25) is 0 Å². The maximum Gasteiger partial charge on any atom is 0.336 e. The molecule has 3 heteroatoms. The molecule has 1 aliphatic heterocycles. The number of ether oxygens (including phenoxy) is 1. The summed E-state index contributed by atoms with van der Waals surface area (Å²) in [6, 6.07) is 0. The van der Waals surface area contributed by atoms with Crippen molar-refractivity contribution in [3.8, 4) is 0 Å². The summed E-state index contributed by atoms with van der Waals surface area (Å²) in [4.78, 5) is 13.8. The van der Waals surface area contributed by atoms with E-state index in [-0.39, 0.29) is 5.97 Å². The van der Waals surface area contributed by atoms with Gasteiger partial charge < -0.3 is 9.64 Å². The SMILES string of the molecule is CCCN1C=CCC(C(=O)OC(C)(C)C)=C1. The molecule has 90 valence electrons. The molecule has 1 aliphatic rings. The van der Waals surface area contributed by atoms with Crippen molar-refractivity contribution in [2.75, 3.05) is 6.54 Å². The summed E-state index contributed by atoms with van der Waals surface area (Å²) in [5, 5.41) is 0. The summed E-state index contributed by atoms with van der Waals surface area (Å²) in [5.74, 6) is -0.210. The molecule has 0 radical (unpaired) electrons. The summed E-state index contributed by atoms with van der Waals surface area (Å²) < 4.78 is 5.34. The van der Waals surface area contributed by atoms with Gasteiger partial charge in [0.05, 0.1) is 5.57 Å². The van der Waals surface area contributed by atoms with Gasteiger partial charge in [0.15, 0.2) is 0 Å². The minimum atomic E-state index is -0.422. The van der Waals surface area contributed by atoms with Crippen LogP contribution in [0.3, 0.4) is 0 Å². The van der Waals surface area contributed by atoms with Crippen LogP contribution >= 0.6 is 0 Å². The largest absolute Gasteiger partial charge is 0.457 e. The topological polar surface area (TPSA) is 29.5 Å². The van der Waals surface area contributed by atoms with Crippen LogP contribution in [0.1, 0.15) is 40.5 Å². The van der Waals surface area contributed by atoms with Crippen LogP contribution in [0, 0.1) is 0 Å². The molecule has 0 saturated carbocycles. The Hall–Kier alpha value is -1.25. The molecule has 0 saturated heterocycles. The van der Waals surface area contributed by atoms with Gasteiger partial charge in [0.1, 0.15) is 5.60 Å². The van der Waals surface area contributed by atoms with E-state index in [2.05, 4.69) is 6.92 Å². The fraction of sp³-hybridized carbons (Fsp3) is 0.615. The molecule has 0 aromatic heterocycles. The van der Waals surface area contributed by atoms with E-state index in [1.165, 1.54) is 0 Å². The Labute approximate surface area is 97.8 Å². The minimum Gasteiger partial charge on any atom is -0.457 e. The molecule has 0 atom stereocenters. The summed E-state index contributed by atoms with van der Waals surface area (Å²) in [5.41, 5.74) is 0.306. The molecule has 0 aromatic rings. The molecular formula is C13H21NO2. The number of carbonyl (C=O) groups is 1. The van der Waals surface area contributed by atoms with E-state index in [0.717, 1.165) is 18.5 Å². The minimum absolute atomic E-state index is 0.210. The first-order chi connectivity index (χ1) is 7.42. The lowest BCUT2D eigenvalue weighted by Gasteiger charge is -2.24. The van der Waals surface area contributed by atoms with Gasteiger partial charge in [-0.2, -0.15) is 0 Å². The lowest BCUT2D eigenvalue weighted by Crippen LogP contribution is -2.26. The van der Waals surface area contributed by atoms with Crippen molar-refractivity contribution in [1.29, 1.82) is 0 Å². The zero-order valence-corrected chi connectivity index (χ0v) is 10.6. The monoisotopic (exact) mass is 223 g/mol. The number of hydrogen-bond donors (Lipinski definition) is 0. The third-order valence-corrected chi connectivity index (χ3v) is 2.10. The molecule has 3 nitrogen and oxygen atoms in total. The van der Waals surface area contributed by atoms with Crippen LogP contribution in [-0.2, 0) is 9.53 Å². The van der Waals surface area contributed by atoms with Gasteiger partial charge in [-0.05, 0) is 33.4 Å². The van der Waals surface area contributed by atoms with Gasteiger partial charge >= 0.3 is 5.97 Å². The molecule has 1 rings (SSSR count). The van der Waals surface area contributed by atoms with Gasteiger partial charge in [-0.1, -0.05) is 13.0 Å². The Morgan fingerprint density at radius 2 is 2.19 bits per heavy atom. The third kappa shape index (κ3) is 4.09. The number of hydrogen-bond acceptors (Lipinski definition) is 3. The molecule has 16 heavy (non-hydrogen) atoms. The van der Waals surface area contributed by atoms with E-state index in [4.69, 9.17) is 4.74 Å². The van der Waals surface area contributed by atoms with Crippen molar-refractivity contribution < 1.29 is 9.53 Å². The number of esters is 1. The van der Waals surface area contributed by atoms with E-state index in [9.17, 15) is 4.79 Å². The smallest absolute Gasteiger partial charge is 0.336 e. The lowest BCUT2D eigenvalue weighted by molar-refractivity contribution is -0.150. The van der Waals surface area contributed by atoms with E-state index >= 15 is 0 Å². The zero-order chi connectivity index (χ0) is 12.2. The normalized spacial score (nSPS) is 16.0. The van der Waals surface area contributed by atoms with Crippen LogP contribution in [0.4, 0.5) is 0 Å². The highest BCUT2D eigenvalue weighted by Crippen LogP contribution is 2.17. The van der Waals surface area contributed by atoms with Crippen LogP contribution in [0.15, 0.2) is 24.0 Å². The molecule has 0 bridgehead atoms. The summed E-state index contributed by atoms with van der Waals surface area (Å²) in [7, 11) is 0. The Morgan fingerprint density at radius 3 is 2.75 bits per heavy atom. The second-order valence-electron chi connectivity index (χ2n) is 4.98. The van der Waals surface area contributed by atoms with Crippen LogP contribution < -0.4 is 0 Å². The lowest BCUT2D eigenvalue weighted by atomic mass is 10.1. The fourth-order valence-electron chi connectivity index (χ4n) is 1.49. The quantitative estimate of drug-likeness (QED) is 0.689. The maximum atomic E-state index is 11.8. The van der Waals surface area contributed by atoms with E-state index in [1.54, 1.807) is 0 Å². The molecule has 0 N–H and O–H groups in total. The third-order valence-electron chi connectivity index (χ3n) is 2.10. The molecule has 0 aromatic carbocycles. The fourth-order valence-corrected chi connectivity index (χ4v) is 1.49. The summed E-state index contributed by atoms with van der Waals surface area (Å²) >= 11 is 0. The van der Waals surface area contributed by atoms with Crippen molar-refractivity contribution in [3.63, 3.8) is 0 Å². The van der Waals surface area contributed by atoms with Gasteiger partial charge in [-0.25, -0.2) is 4.79 Å². The second kappa shape index (κ2) is 5.19. The average molecular weight is 223 g/mol. The zero-order valence-electron chi connectivity index (χ0n) is 10.6. The van der Waals surface area contributed by atoms with Gasteiger partial charge in [0.25, 0.3) is 0 Å². The maximum absolute atomic E-state index is 11.8. The molecule has 0 amide bonds. The predicted molar refractivity (Wildman–Crippen MR) is 64.7 cm³/mol. The summed E-state index contributed by atoms with van der Waals surface area (Å²) in [6.45, 7) is 8.70. The number of carbonyl (C=O) groups excluding carboxylic acids is 1. The highest BCUT2D eigenvalue weighted by atomic mass is 16.6. The molecule has 1 heterocycles. The Balaban J connectivity index is 2.63. The molecule has 0 spiro atoms. The van der Waals surface area contributed by atoms with Crippen molar-refractivity contribution in [1.82, 2.24) is 4.90 Å². The predicted octanol–water partition coefficient (Wildman–Crippen LogP) is 2.84. The first kappa shape index (κ1) is 12.8. The van der Waals surface area contributed by atoms with Gasteiger partial charge in [-0.3, -0.25) is 0 Å². The van der Waals surface area contributed by atoms with Crippen molar-refractivity contribution in [2.24, 2.45) is 0 Å². The highest BCUT2D eigenvalue weighted by molar-refractivity contribution is 5.89. The first-order valence-electron chi connectivity index (χ1n) is 5.79. The number of nitrogens with zero attached hydrogens (tertiary/aromatic N) is 1. The Bertz CT molecular complexity index is 310. The average Bonchev–Trinajstić information content (AvgIpc) is 2.16. The molecule has 0 aliphatic carbocycles. The first-order valence-corrected chi connectivity index (χ1v) is 5.79. The molecular weight excluding hydrogens is 202 g/mol. The van der Waals surface area contributed by atoms with Crippen LogP contribution in [0.5, 0.6) is 0 Å². The number of rotatable bonds is 3.